The van der Waals surface area contributed by atoms with Crippen molar-refractivity contribution in [2.45, 2.75) is 12.2 Å². The number of rotatable bonds is 8. The van der Waals surface area contributed by atoms with E-state index in [1.165, 1.54) is 0 Å². The lowest BCUT2D eigenvalue weighted by atomic mass is 10.4. The van der Waals surface area contributed by atoms with E-state index in [0.717, 1.165) is 6.54 Å². The molecule has 2 N–H and O–H groups in total. The number of carbonyl (C=O) groups excluding carboxylic acids is 1. The van der Waals surface area contributed by atoms with Gasteiger partial charge in [-0.05, 0) is 6.26 Å². The minimum absolute atomic E-state index is 0.0235. The van der Waals surface area contributed by atoms with E-state index in [0.29, 0.717) is 24.9 Å². The number of hydrogen-bond donors (Lipinski definition) is 2. The van der Waals surface area contributed by atoms with Gasteiger partial charge in [-0.3, -0.25) is 4.79 Å². The maximum Gasteiger partial charge on any atom is 0.234 e. The fourth-order valence-electron chi connectivity index (χ4n) is 0.827. The second-order valence-corrected chi connectivity index (χ2v) is 4.30. The van der Waals surface area contributed by atoms with Crippen LogP contribution in [0.4, 0.5) is 0 Å². The van der Waals surface area contributed by atoms with Crippen LogP contribution in [0.3, 0.4) is 0 Å². The summed E-state index contributed by atoms with van der Waals surface area (Å²) < 4.78 is 4.81. The molecule has 0 heterocycles. The van der Waals surface area contributed by atoms with Crippen molar-refractivity contribution in [3.8, 4) is 0 Å². The highest BCUT2D eigenvalue weighted by atomic mass is 32.2. The number of thioether (sulfide) groups is 1. The molecule has 0 saturated carbocycles. The largest absolute Gasteiger partial charge is 0.383 e. The predicted molar refractivity (Wildman–Crippen MR) is 60.7 cm³/mol. The monoisotopic (exact) mass is 220 g/mol. The summed E-state index contributed by atoms with van der Waals surface area (Å²) in [5, 5.41) is 6.37. The van der Waals surface area contributed by atoms with Gasteiger partial charge in [0.25, 0.3) is 0 Å². The molecule has 0 bridgehead atoms. The zero-order valence-corrected chi connectivity index (χ0v) is 9.95. The predicted octanol–water partition coefficient (Wildman–Crippen LogP) is 0.0901. The zero-order valence-electron chi connectivity index (χ0n) is 9.13. The molecule has 14 heavy (non-hydrogen) atoms. The zero-order chi connectivity index (χ0) is 10.8. The number of ether oxygens (including phenoxy) is 1. The van der Waals surface area contributed by atoms with Crippen molar-refractivity contribution in [3.05, 3.63) is 0 Å². The second-order valence-electron chi connectivity index (χ2n) is 3.02. The van der Waals surface area contributed by atoms with E-state index in [1.54, 1.807) is 18.9 Å². The lowest BCUT2D eigenvalue weighted by Gasteiger charge is -2.09. The average Bonchev–Trinajstić information content (AvgIpc) is 2.18. The van der Waals surface area contributed by atoms with Crippen LogP contribution in [0.15, 0.2) is 0 Å². The standard InChI is InChI=1S/C9H20N2O2S/c1-8(14-3)6-10-7-9(12)11-4-5-13-2/h8,10H,4-7H2,1-3H3,(H,11,12). The molecule has 0 aliphatic rings. The summed E-state index contributed by atoms with van der Waals surface area (Å²) >= 11 is 1.78. The molecule has 0 aromatic carbocycles. The number of amides is 1. The lowest BCUT2D eigenvalue weighted by Crippen LogP contribution is -2.37. The van der Waals surface area contributed by atoms with Gasteiger partial charge in [-0.25, -0.2) is 0 Å². The van der Waals surface area contributed by atoms with Crippen molar-refractivity contribution in [1.82, 2.24) is 10.6 Å². The summed E-state index contributed by atoms with van der Waals surface area (Å²) in [4.78, 5) is 11.2. The highest BCUT2D eigenvalue weighted by Gasteiger charge is 2.01. The Morgan fingerprint density at radius 3 is 2.86 bits per heavy atom. The SMILES string of the molecule is COCCNC(=O)CNCC(C)SC. The molecule has 4 nitrogen and oxygen atoms in total. The van der Waals surface area contributed by atoms with Gasteiger partial charge < -0.3 is 15.4 Å². The molecule has 84 valence electrons. The van der Waals surface area contributed by atoms with Crippen LogP contribution in [0, 0.1) is 0 Å². The molecule has 0 aromatic heterocycles. The van der Waals surface area contributed by atoms with Gasteiger partial charge in [0, 0.05) is 25.4 Å². The molecule has 1 unspecified atom stereocenters. The van der Waals surface area contributed by atoms with Gasteiger partial charge in [-0.1, -0.05) is 6.92 Å². The Hall–Kier alpha value is -0.260. The molecule has 1 amide bonds. The Morgan fingerprint density at radius 2 is 2.29 bits per heavy atom. The molecule has 0 saturated heterocycles. The Balaban J connectivity index is 3.26. The summed E-state index contributed by atoms with van der Waals surface area (Å²) in [6.45, 7) is 4.51. The van der Waals surface area contributed by atoms with Crippen molar-refractivity contribution in [2.24, 2.45) is 0 Å². The van der Waals surface area contributed by atoms with Crippen LogP contribution in [0.25, 0.3) is 0 Å². The summed E-state index contributed by atoms with van der Waals surface area (Å²) in [5.41, 5.74) is 0. The smallest absolute Gasteiger partial charge is 0.234 e. The first-order valence-corrected chi connectivity index (χ1v) is 5.98. The third kappa shape index (κ3) is 8.34. The first kappa shape index (κ1) is 13.7. The molecular formula is C9H20N2O2S. The van der Waals surface area contributed by atoms with Crippen LogP contribution in [0.2, 0.25) is 0 Å². The fraction of sp³-hybridized carbons (Fsp3) is 0.889. The summed E-state index contributed by atoms with van der Waals surface area (Å²) in [5.74, 6) is 0.0235. The molecule has 1 atom stereocenters. The van der Waals surface area contributed by atoms with E-state index in [1.807, 2.05) is 0 Å². The number of carbonyl (C=O) groups is 1. The Bertz CT molecular complexity index is 156. The van der Waals surface area contributed by atoms with Crippen molar-refractivity contribution in [1.29, 1.82) is 0 Å². The van der Waals surface area contributed by atoms with Crippen molar-refractivity contribution >= 4 is 17.7 Å². The van der Waals surface area contributed by atoms with Crippen LogP contribution in [0.5, 0.6) is 0 Å². The Labute approximate surface area is 90.2 Å². The van der Waals surface area contributed by atoms with Gasteiger partial charge >= 0.3 is 0 Å². The fourth-order valence-corrected chi connectivity index (χ4v) is 1.11. The van der Waals surface area contributed by atoms with Crippen LogP contribution < -0.4 is 10.6 Å². The minimum Gasteiger partial charge on any atom is -0.383 e. The van der Waals surface area contributed by atoms with E-state index in [4.69, 9.17) is 4.74 Å². The Kier molecular flexibility index (Phi) is 9.13. The highest BCUT2D eigenvalue weighted by Crippen LogP contribution is 2.01. The third-order valence-corrected chi connectivity index (χ3v) is 2.72. The van der Waals surface area contributed by atoms with E-state index in [9.17, 15) is 4.79 Å². The Morgan fingerprint density at radius 1 is 1.57 bits per heavy atom. The highest BCUT2D eigenvalue weighted by molar-refractivity contribution is 7.99. The molecule has 0 fully saturated rings. The topological polar surface area (TPSA) is 50.4 Å². The van der Waals surface area contributed by atoms with Crippen molar-refractivity contribution in [2.75, 3.05) is 39.6 Å². The molecule has 0 aliphatic heterocycles. The van der Waals surface area contributed by atoms with Gasteiger partial charge in [0.05, 0.1) is 13.2 Å². The maximum atomic E-state index is 11.2. The molecule has 0 spiro atoms. The van der Waals surface area contributed by atoms with Gasteiger partial charge in [0.2, 0.25) is 5.91 Å². The first-order chi connectivity index (χ1) is 6.70. The van der Waals surface area contributed by atoms with Crippen molar-refractivity contribution in [3.63, 3.8) is 0 Å². The molecule has 0 radical (unpaired) electrons. The number of methoxy groups -OCH3 is 1. The van der Waals surface area contributed by atoms with Gasteiger partial charge in [-0.2, -0.15) is 11.8 Å². The van der Waals surface area contributed by atoms with E-state index >= 15 is 0 Å². The maximum absolute atomic E-state index is 11.2. The van der Waals surface area contributed by atoms with Crippen LogP contribution in [-0.4, -0.2) is 50.8 Å². The molecule has 0 rings (SSSR count). The summed E-state index contributed by atoms with van der Waals surface area (Å²) in [6.07, 6.45) is 2.06. The minimum atomic E-state index is 0.0235. The van der Waals surface area contributed by atoms with Crippen LogP contribution in [-0.2, 0) is 9.53 Å². The summed E-state index contributed by atoms with van der Waals surface area (Å²) in [7, 11) is 1.62. The van der Waals surface area contributed by atoms with Crippen LogP contribution >= 0.6 is 11.8 Å². The molecule has 0 aliphatic carbocycles. The molecule has 5 heteroatoms. The first-order valence-electron chi connectivity index (χ1n) is 4.69. The number of hydrogen-bond acceptors (Lipinski definition) is 4. The summed E-state index contributed by atoms with van der Waals surface area (Å²) in [6, 6.07) is 0. The molecule has 0 aromatic rings. The normalized spacial score (nSPS) is 12.5. The average molecular weight is 220 g/mol. The van der Waals surface area contributed by atoms with Crippen molar-refractivity contribution < 1.29 is 9.53 Å². The van der Waals surface area contributed by atoms with E-state index in [-0.39, 0.29) is 5.91 Å². The quantitative estimate of drug-likeness (QED) is 0.569. The van der Waals surface area contributed by atoms with E-state index < -0.39 is 0 Å². The van der Waals surface area contributed by atoms with Gasteiger partial charge in [0.15, 0.2) is 0 Å². The van der Waals surface area contributed by atoms with Gasteiger partial charge in [0.1, 0.15) is 0 Å². The third-order valence-electron chi connectivity index (χ3n) is 1.75. The number of nitrogens with one attached hydrogen (secondary N) is 2. The second kappa shape index (κ2) is 9.30. The molecular weight excluding hydrogens is 200 g/mol. The van der Waals surface area contributed by atoms with Crippen LogP contribution in [0.1, 0.15) is 6.92 Å². The van der Waals surface area contributed by atoms with Gasteiger partial charge in [-0.15, -0.1) is 0 Å². The van der Waals surface area contributed by atoms with E-state index in [2.05, 4.69) is 23.8 Å². The lowest BCUT2D eigenvalue weighted by molar-refractivity contribution is -0.120.